The fourth-order valence-electron chi connectivity index (χ4n) is 3.48. The van der Waals surface area contributed by atoms with Gasteiger partial charge in [0.1, 0.15) is 0 Å². The van der Waals surface area contributed by atoms with E-state index in [1.807, 2.05) is 24.1 Å². The Labute approximate surface area is 168 Å². The highest BCUT2D eigenvalue weighted by molar-refractivity contribution is 7.89. The number of rotatable bonds is 8. The van der Waals surface area contributed by atoms with Crippen LogP contribution in [0.4, 0.5) is 0 Å². The van der Waals surface area contributed by atoms with E-state index in [2.05, 4.69) is 10.0 Å². The van der Waals surface area contributed by atoms with Crippen LogP contribution < -0.4 is 10.0 Å². The molecule has 1 atom stereocenters. The lowest BCUT2D eigenvalue weighted by Gasteiger charge is -2.32. The van der Waals surface area contributed by atoms with Gasteiger partial charge in [0.05, 0.1) is 4.90 Å². The molecule has 1 saturated heterocycles. The van der Waals surface area contributed by atoms with E-state index in [9.17, 15) is 13.2 Å². The number of aryl methyl sites for hydroxylation is 1. The minimum absolute atomic E-state index is 0. The molecule has 0 bridgehead atoms. The van der Waals surface area contributed by atoms with E-state index in [0.717, 1.165) is 44.5 Å². The third-order valence-electron chi connectivity index (χ3n) is 5.12. The number of carbonyl (C=O) groups is 1. The first-order chi connectivity index (χ1) is 12.5. The van der Waals surface area contributed by atoms with E-state index in [0.29, 0.717) is 23.7 Å². The van der Waals surface area contributed by atoms with Crippen molar-refractivity contribution in [2.24, 2.45) is 5.92 Å². The predicted molar refractivity (Wildman–Crippen MR) is 109 cm³/mol. The van der Waals surface area contributed by atoms with Crippen LogP contribution in [0.3, 0.4) is 0 Å². The number of benzene rings is 1. The molecular weight excluding hydrogens is 386 g/mol. The molecule has 0 aromatic heterocycles. The average molecular weight is 416 g/mol. The Morgan fingerprint density at radius 2 is 1.89 bits per heavy atom. The Morgan fingerprint density at radius 3 is 2.52 bits per heavy atom. The predicted octanol–water partition coefficient (Wildman–Crippen LogP) is 1.94. The maximum atomic E-state index is 12.5. The largest absolute Gasteiger partial charge is 0.342 e. The van der Waals surface area contributed by atoms with E-state index < -0.39 is 10.0 Å². The lowest BCUT2D eigenvalue weighted by atomic mass is 9.97. The van der Waals surface area contributed by atoms with Crippen LogP contribution in [0.2, 0.25) is 0 Å². The van der Waals surface area contributed by atoms with E-state index in [1.54, 1.807) is 12.1 Å². The maximum absolute atomic E-state index is 12.5. The standard InChI is InChI=1S/C19H29N3O3S.ClH/c1-20-13-16-3-2-12-22(14-16)19(23)11-6-15-4-9-18(10-5-15)26(24,25)21-17-7-8-17;/h4-5,9-10,16-17,20-21H,2-3,6-8,11-14H2,1H3;1H. The molecule has 1 saturated carbocycles. The van der Waals surface area contributed by atoms with Crippen molar-refractivity contribution in [2.45, 2.75) is 49.5 Å². The number of sulfonamides is 1. The summed E-state index contributed by atoms with van der Waals surface area (Å²) in [5, 5.41) is 3.20. The first kappa shape index (κ1) is 22.1. The molecule has 0 radical (unpaired) electrons. The molecular formula is C19H30ClN3O3S. The third kappa shape index (κ3) is 6.45. The monoisotopic (exact) mass is 415 g/mol. The van der Waals surface area contributed by atoms with Gasteiger partial charge in [-0.15, -0.1) is 12.4 Å². The minimum atomic E-state index is -3.40. The van der Waals surface area contributed by atoms with Crippen LogP contribution in [0.15, 0.2) is 29.2 Å². The van der Waals surface area contributed by atoms with Crippen LogP contribution in [0, 0.1) is 5.92 Å². The fourth-order valence-corrected chi connectivity index (χ4v) is 4.79. The number of halogens is 1. The first-order valence-corrected chi connectivity index (χ1v) is 11.0. The molecule has 0 spiro atoms. The van der Waals surface area contributed by atoms with E-state index in [-0.39, 0.29) is 24.4 Å². The van der Waals surface area contributed by atoms with Gasteiger partial charge in [-0.25, -0.2) is 13.1 Å². The van der Waals surface area contributed by atoms with Crippen LogP contribution in [-0.2, 0) is 21.2 Å². The molecule has 1 aliphatic carbocycles. The molecule has 1 aliphatic heterocycles. The van der Waals surface area contributed by atoms with Crippen molar-refractivity contribution in [3.05, 3.63) is 29.8 Å². The highest BCUT2D eigenvalue weighted by Crippen LogP contribution is 2.22. The van der Waals surface area contributed by atoms with Gasteiger partial charge in [0.25, 0.3) is 0 Å². The average Bonchev–Trinajstić information content (AvgIpc) is 3.44. The van der Waals surface area contributed by atoms with Gasteiger partial charge in [0, 0.05) is 25.6 Å². The zero-order chi connectivity index (χ0) is 18.6. The number of hydrogen-bond acceptors (Lipinski definition) is 4. The Balaban J connectivity index is 0.00000261. The summed E-state index contributed by atoms with van der Waals surface area (Å²) < 4.78 is 27.0. The van der Waals surface area contributed by atoms with Crippen molar-refractivity contribution in [2.75, 3.05) is 26.7 Å². The summed E-state index contributed by atoms with van der Waals surface area (Å²) in [5.41, 5.74) is 0.993. The third-order valence-corrected chi connectivity index (χ3v) is 6.66. The maximum Gasteiger partial charge on any atom is 0.240 e. The summed E-state index contributed by atoms with van der Waals surface area (Å²) in [6.45, 7) is 2.64. The number of piperidine rings is 1. The molecule has 2 N–H and O–H groups in total. The van der Waals surface area contributed by atoms with Gasteiger partial charge in [-0.2, -0.15) is 0 Å². The van der Waals surface area contributed by atoms with Gasteiger partial charge >= 0.3 is 0 Å². The van der Waals surface area contributed by atoms with Gasteiger partial charge in [-0.3, -0.25) is 4.79 Å². The van der Waals surface area contributed by atoms with E-state index >= 15 is 0 Å². The smallest absolute Gasteiger partial charge is 0.240 e. The molecule has 1 amide bonds. The van der Waals surface area contributed by atoms with Crippen LogP contribution in [0.25, 0.3) is 0 Å². The number of carbonyl (C=O) groups excluding carboxylic acids is 1. The highest BCUT2D eigenvalue weighted by atomic mass is 35.5. The Hall–Kier alpha value is -1.15. The molecule has 1 unspecified atom stereocenters. The fraction of sp³-hybridized carbons (Fsp3) is 0.632. The zero-order valence-corrected chi connectivity index (χ0v) is 17.4. The summed E-state index contributed by atoms with van der Waals surface area (Å²) in [4.78, 5) is 14.7. The quantitative estimate of drug-likeness (QED) is 0.680. The molecule has 1 heterocycles. The molecule has 3 rings (SSSR count). The van der Waals surface area contributed by atoms with Crippen LogP contribution in [0.5, 0.6) is 0 Å². The normalized spacial score (nSPS) is 20.2. The van der Waals surface area contributed by atoms with E-state index in [4.69, 9.17) is 0 Å². The first-order valence-electron chi connectivity index (χ1n) is 9.51. The summed E-state index contributed by atoms with van der Waals surface area (Å²) in [6, 6.07) is 7.00. The van der Waals surface area contributed by atoms with Crippen LogP contribution in [-0.4, -0.2) is 51.9 Å². The molecule has 2 fully saturated rings. The van der Waals surface area contributed by atoms with Crippen molar-refractivity contribution >= 4 is 28.3 Å². The van der Waals surface area contributed by atoms with Crippen molar-refractivity contribution in [3.63, 3.8) is 0 Å². The van der Waals surface area contributed by atoms with Crippen molar-refractivity contribution in [1.29, 1.82) is 0 Å². The van der Waals surface area contributed by atoms with Crippen molar-refractivity contribution < 1.29 is 13.2 Å². The number of hydrogen-bond donors (Lipinski definition) is 2. The molecule has 1 aromatic rings. The Morgan fingerprint density at radius 1 is 1.19 bits per heavy atom. The molecule has 1 aromatic carbocycles. The Bertz CT molecular complexity index is 718. The van der Waals surface area contributed by atoms with Gasteiger partial charge in [-0.1, -0.05) is 12.1 Å². The second-order valence-corrected chi connectivity index (χ2v) is 9.16. The summed E-state index contributed by atoms with van der Waals surface area (Å²) in [5.74, 6) is 0.735. The highest BCUT2D eigenvalue weighted by Gasteiger charge is 2.28. The minimum Gasteiger partial charge on any atom is -0.342 e. The van der Waals surface area contributed by atoms with Crippen LogP contribution >= 0.6 is 12.4 Å². The van der Waals surface area contributed by atoms with Gasteiger partial charge in [0.2, 0.25) is 15.9 Å². The summed E-state index contributed by atoms with van der Waals surface area (Å²) >= 11 is 0. The van der Waals surface area contributed by atoms with Crippen molar-refractivity contribution in [3.8, 4) is 0 Å². The van der Waals surface area contributed by atoms with E-state index in [1.165, 1.54) is 6.42 Å². The lowest BCUT2D eigenvalue weighted by molar-refractivity contribution is -0.132. The van der Waals surface area contributed by atoms with Gasteiger partial charge in [0.15, 0.2) is 0 Å². The molecule has 27 heavy (non-hydrogen) atoms. The SMILES string of the molecule is CNCC1CCCN(C(=O)CCc2ccc(S(=O)(=O)NC3CC3)cc2)C1.Cl. The summed E-state index contributed by atoms with van der Waals surface area (Å²) in [7, 11) is -1.46. The molecule has 8 heteroatoms. The second kappa shape index (κ2) is 9.87. The number of nitrogens with one attached hydrogen (secondary N) is 2. The molecule has 6 nitrogen and oxygen atoms in total. The number of likely N-dealkylation sites (tertiary alicyclic amines) is 1. The van der Waals surface area contributed by atoms with Gasteiger partial charge in [-0.05, 0) is 69.3 Å². The number of nitrogens with zero attached hydrogens (tertiary/aromatic N) is 1. The van der Waals surface area contributed by atoms with Crippen LogP contribution in [0.1, 0.15) is 37.7 Å². The molecule has 2 aliphatic rings. The topological polar surface area (TPSA) is 78.5 Å². The zero-order valence-electron chi connectivity index (χ0n) is 15.8. The molecule has 152 valence electrons. The Kier molecular flexibility index (Phi) is 8.09. The number of amides is 1. The summed E-state index contributed by atoms with van der Waals surface area (Å²) in [6.07, 6.45) is 5.20. The lowest BCUT2D eigenvalue weighted by Crippen LogP contribution is -2.42. The second-order valence-electron chi connectivity index (χ2n) is 7.45. The van der Waals surface area contributed by atoms with Crippen molar-refractivity contribution in [1.82, 2.24) is 14.9 Å². The van der Waals surface area contributed by atoms with Gasteiger partial charge < -0.3 is 10.2 Å².